The molecular weight excluding hydrogens is 454 g/mol. The molecule has 0 saturated heterocycles. The van der Waals surface area contributed by atoms with E-state index in [-0.39, 0.29) is 36.7 Å². The molecular formula is C26H37NO8. The molecule has 1 aromatic carbocycles. The first-order chi connectivity index (χ1) is 17.1. The minimum atomic E-state index is -0.619. The predicted molar refractivity (Wildman–Crippen MR) is 128 cm³/mol. The van der Waals surface area contributed by atoms with Crippen LogP contribution in [0.1, 0.15) is 48.0 Å². The fourth-order valence-electron chi connectivity index (χ4n) is 4.03. The molecule has 0 spiro atoms. The Labute approximate surface area is 206 Å². The van der Waals surface area contributed by atoms with Gasteiger partial charge >= 0.3 is 5.97 Å². The van der Waals surface area contributed by atoms with Gasteiger partial charge in [-0.15, -0.1) is 0 Å². The van der Waals surface area contributed by atoms with Gasteiger partial charge in [-0.1, -0.05) is 12.1 Å². The van der Waals surface area contributed by atoms with Crippen LogP contribution in [0.5, 0.6) is 0 Å². The van der Waals surface area contributed by atoms with E-state index in [9.17, 15) is 9.59 Å². The molecule has 3 atom stereocenters. The highest BCUT2D eigenvalue weighted by atomic mass is 16.7. The van der Waals surface area contributed by atoms with Crippen LogP contribution in [-0.2, 0) is 28.5 Å². The van der Waals surface area contributed by atoms with Gasteiger partial charge < -0.3 is 34.1 Å². The van der Waals surface area contributed by atoms with Crippen molar-refractivity contribution in [2.75, 3.05) is 53.3 Å². The molecule has 1 saturated carbocycles. The van der Waals surface area contributed by atoms with Crippen LogP contribution < -0.4 is 5.32 Å². The predicted octanol–water partition coefficient (Wildman–Crippen LogP) is 2.39. The van der Waals surface area contributed by atoms with Crippen molar-refractivity contribution in [3.8, 4) is 0 Å². The summed E-state index contributed by atoms with van der Waals surface area (Å²) in [6, 6.07) is 7.19. The fourth-order valence-corrected chi connectivity index (χ4v) is 4.03. The van der Waals surface area contributed by atoms with Crippen LogP contribution in [-0.4, -0.2) is 76.6 Å². The topological polar surface area (TPSA) is 113 Å². The van der Waals surface area contributed by atoms with Gasteiger partial charge in [0.2, 0.25) is 6.29 Å². The van der Waals surface area contributed by atoms with Gasteiger partial charge in [0.05, 0.1) is 39.1 Å². The highest BCUT2D eigenvalue weighted by Gasteiger charge is 2.38. The van der Waals surface area contributed by atoms with Gasteiger partial charge in [0, 0.05) is 31.6 Å². The summed E-state index contributed by atoms with van der Waals surface area (Å²) in [4.78, 5) is 24.7. The quantitative estimate of drug-likeness (QED) is 0.284. The molecule has 0 aromatic heterocycles. The van der Waals surface area contributed by atoms with E-state index in [1.165, 1.54) is 7.11 Å². The molecule has 1 heterocycles. The lowest BCUT2D eigenvalue weighted by Crippen LogP contribution is -2.39. The molecule has 3 unspecified atom stereocenters. The van der Waals surface area contributed by atoms with E-state index in [0.717, 1.165) is 18.4 Å². The molecule has 1 aliphatic heterocycles. The smallest absolute Gasteiger partial charge is 0.337 e. The zero-order valence-corrected chi connectivity index (χ0v) is 20.6. The van der Waals surface area contributed by atoms with Crippen LogP contribution in [0, 0.1) is 11.8 Å². The molecule has 35 heavy (non-hydrogen) atoms. The largest absolute Gasteiger partial charge is 0.465 e. The normalized spacial score (nSPS) is 21.7. The summed E-state index contributed by atoms with van der Waals surface area (Å²) in [7, 11) is 1.35. The number of aliphatic hydroxyl groups is 1. The number of ether oxygens (including phenoxy) is 5. The van der Waals surface area contributed by atoms with Crippen LogP contribution in [0.25, 0.3) is 0 Å². The van der Waals surface area contributed by atoms with Crippen LogP contribution in [0.4, 0.5) is 0 Å². The molecule has 0 radical (unpaired) electrons. The number of methoxy groups -OCH3 is 1. The maximum Gasteiger partial charge on any atom is 0.337 e. The maximum atomic E-state index is 12.9. The number of hydrogen-bond donors (Lipinski definition) is 2. The van der Waals surface area contributed by atoms with E-state index >= 15 is 0 Å². The number of allylic oxidation sites excluding steroid dienone is 1. The van der Waals surface area contributed by atoms with Crippen molar-refractivity contribution in [2.45, 2.75) is 38.4 Å². The van der Waals surface area contributed by atoms with E-state index in [2.05, 4.69) is 5.32 Å². The van der Waals surface area contributed by atoms with Gasteiger partial charge in [-0.05, 0) is 55.9 Å². The van der Waals surface area contributed by atoms with Crippen molar-refractivity contribution >= 4 is 11.9 Å². The Morgan fingerprint density at radius 3 is 2.43 bits per heavy atom. The third-order valence-corrected chi connectivity index (χ3v) is 6.11. The van der Waals surface area contributed by atoms with E-state index in [0.29, 0.717) is 50.9 Å². The Kier molecular flexibility index (Phi) is 11.0. The molecule has 3 rings (SSSR count). The van der Waals surface area contributed by atoms with E-state index in [4.69, 9.17) is 28.8 Å². The van der Waals surface area contributed by atoms with Crippen molar-refractivity contribution in [1.29, 1.82) is 0 Å². The Balaban J connectivity index is 1.76. The number of hydrogen-bond acceptors (Lipinski definition) is 8. The molecule has 2 N–H and O–H groups in total. The van der Waals surface area contributed by atoms with Crippen molar-refractivity contribution in [3.05, 3.63) is 47.2 Å². The van der Waals surface area contributed by atoms with Gasteiger partial charge in [-0.3, -0.25) is 4.79 Å². The summed E-state index contributed by atoms with van der Waals surface area (Å²) in [5, 5.41) is 11.8. The first kappa shape index (κ1) is 27.1. The highest BCUT2D eigenvalue weighted by Crippen LogP contribution is 2.39. The minimum absolute atomic E-state index is 0.0190. The third kappa shape index (κ3) is 8.31. The summed E-state index contributed by atoms with van der Waals surface area (Å²) >= 11 is 0. The second-order valence-corrected chi connectivity index (χ2v) is 8.67. The molecule has 2 aliphatic rings. The van der Waals surface area contributed by atoms with Crippen molar-refractivity contribution < 1.29 is 38.4 Å². The summed E-state index contributed by atoms with van der Waals surface area (Å²) in [6.07, 6.45) is 4.14. The lowest BCUT2D eigenvalue weighted by atomic mass is 9.81. The molecule has 9 nitrogen and oxygen atoms in total. The fraction of sp³-hybridized carbons (Fsp3) is 0.615. The molecule has 1 aromatic rings. The van der Waals surface area contributed by atoms with E-state index in [1.807, 2.05) is 25.1 Å². The lowest BCUT2D eigenvalue weighted by molar-refractivity contribution is -0.168. The molecule has 0 bridgehead atoms. The molecule has 1 fully saturated rings. The van der Waals surface area contributed by atoms with Crippen molar-refractivity contribution in [2.24, 2.45) is 11.8 Å². The number of aliphatic hydroxyl groups excluding tert-OH is 1. The second-order valence-electron chi connectivity index (χ2n) is 8.67. The van der Waals surface area contributed by atoms with Crippen LogP contribution >= 0.6 is 0 Å². The van der Waals surface area contributed by atoms with Gasteiger partial charge in [0.25, 0.3) is 5.91 Å². The van der Waals surface area contributed by atoms with Crippen molar-refractivity contribution in [1.82, 2.24) is 5.32 Å². The number of carbonyl (C=O) groups is 2. The average molecular weight is 492 g/mol. The number of benzene rings is 1. The van der Waals surface area contributed by atoms with Gasteiger partial charge in [0.15, 0.2) is 5.76 Å². The van der Waals surface area contributed by atoms with Crippen LogP contribution in [0.2, 0.25) is 0 Å². The summed E-state index contributed by atoms with van der Waals surface area (Å²) in [5.41, 5.74) is 1.40. The number of carbonyl (C=O) groups excluding carboxylic acids is 2. The standard InChI is InChI=1S/C26H37NO8/c1-3-34-26-21(10-12-32-14-15-33-13-11-28)22(19-6-8-20(9-7-19)25(30)31-2)16-23(35-26)24(29)27-17-18-4-5-18/h6-9,16,18,21-22,26,28H,3-5,10-15,17H2,1-2H3,(H,27,29). The Hall–Kier alpha value is -2.46. The van der Waals surface area contributed by atoms with Crippen LogP contribution in [0.3, 0.4) is 0 Å². The molecule has 9 heteroatoms. The molecule has 194 valence electrons. The molecule has 1 aliphatic carbocycles. The average Bonchev–Trinajstić information content (AvgIpc) is 3.71. The number of amides is 1. The van der Waals surface area contributed by atoms with Crippen molar-refractivity contribution in [3.63, 3.8) is 0 Å². The third-order valence-electron chi connectivity index (χ3n) is 6.11. The zero-order valence-electron chi connectivity index (χ0n) is 20.6. The Morgan fingerprint density at radius 2 is 1.80 bits per heavy atom. The van der Waals surface area contributed by atoms with E-state index < -0.39 is 12.3 Å². The Morgan fingerprint density at radius 1 is 1.09 bits per heavy atom. The second kappa shape index (κ2) is 14.2. The van der Waals surface area contributed by atoms with Gasteiger partial charge in [0.1, 0.15) is 0 Å². The zero-order chi connectivity index (χ0) is 25.0. The first-order valence-electron chi connectivity index (χ1n) is 12.3. The number of rotatable bonds is 15. The maximum absolute atomic E-state index is 12.9. The number of nitrogens with one attached hydrogen (secondary N) is 1. The monoisotopic (exact) mass is 491 g/mol. The summed E-state index contributed by atoms with van der Waals surface area (Å²) in [6.45, 7) is 4.50. The van der Waals surface area contributed by atoms with Crippen LogP contribution in [0.15, 0.2) is 36.1 Å². The Bertz CT molecular complexity index is 836. The minimum Gasteiger partial charge on any atom is -0.465 e. The summed E-state index contributed by atoms with van der Waals surface area (Å²) < 4.78 is 27.7. The van der Waals surface area contributed by atoms with E-state index in [1.54, 1.807) is 12.1 Å². The van der Waals surface area contributed by atoms with Gasteiger partial charge in [-0.2, -0.15) is 0 Å². The highest BCUT2D eigenvalue weighted by molar-refractivity contribution is 5.92. The molecule has 1 amide bonds. The van der Waals surface area contributed by atoms with Gasteiger partial charge in [-0.25, -0.2) is 4.79 Å². The SMILES string of the molecule is CCOC1OC(C(=O)NCC2CC2)=CC(c2ccc(C(=O)OC)cc2)C1CCOCCOCCO. The first-order valence-corrected chi connectivity index (χ1v) is 12.3. The summed E-state index contributed by atoms with van der Waals surface area (Å²) in [5.74, 6) is -0.132. The number of esters is 1. The lowest BCUT2D eigenvalue weighted by Gasteiger charge is -2.37.